The van der Waals surface area contributed by atoms with Crippen LogP contribution in [0, 0.1) is 25.7 Å². The first-order chi connectivity index (χ1) is 20.8. The second-order valence-corrected chi connectivity index (χ2v) is 12.3. The summed E-state index contributed by atoms with van der Waals surface area (Å²) in [5.74, 6) is -2.19. The Morgan fingerprint density at radius 1 is 0.907 bits per heavy atom. The molecule has 4 heterocycles. The first-order valence-corrected chi connectivity index (χ1v) is 15.4. The highest BCUT2D eigenvalue weighted by molar-refractivity contribution is 6.06. The van der Waals surface area contributed by atoms with Crippen LogP contribution in [0.3, 0.4) is 0 Å². The van der Waals surface area contributed by atoms with E-state index in [-0.39, 0.29) is 24.3 Å². The highest BCUT2D eigenvalue weighted by atomic mass is 16.5. The standard InChI is InChI=1S/C35H41N3O5/c1-4-34-16-10-18-36(23-26-12-6-5-7-13-26)31(40)28(34)29-32(41)38(19-8-9-21-39)30-33(42)37(20-11-17-35(29,30)43-34)27-22-24(2)14-15-25(27)3/h5-7,10-17,22,28-30,39H,4,8-9,18-21,23H2,1-3H3/t28-,29+,30?,34+,35+/m1/s1. The minimum Gasteiger partial charge on any atom is -0.396 e. The van der Waals surface area contributed by atoms with Crippen LogP contribution in [0.15, 0.2) is 72.8 Å². The summed E-state index contributed by atoms with van der Waals surface area (Å²) in [5, 5.41) is 9.51. The number of nitrogens with zero attached hydrogens (tertiary/aromatic N) is 3. The number of aliphatic hydroxyl groups excluding tert-OH is 1. The molecule has 0 saturated carbocycles. The minimum absolute atomic E-state index is 0.000469. The summed E-state index contributed by atoms with van der Waals surface area (Å²) in [6, 6.07) is 15.0. The van der Waals surface area contributed by atoms with Crippen LogP contribution in [-0.4, -0.2) is 76.1 Å². The maximum atomic E-state index is 14.7. The van der Waals surface area contributed by atoms with Gasteiger partial charge in [-0.15, -0.1) is 0 Å². The Bertz CT molecular complexity index is 1470. The number of aryl methyl sites for hydroxylation is 2. The molecule has 0 radical (unpaired) electrons. The van der Waals surface area contributed by atoms with Crippen molar-refractivity contribution in [1.29, 1.82) is 0 Å². The maximum Gasteiger partial charge on any atom is 0.253 e. The number of hydrogen-bond acceptors (Lipinski definition) is 5. The quantitative estimate of drug-likeness (QED) is 0.376. The van der Waals surface area contributed by atoms with E-state index in [1.807, 2.05) is 93.6 Å². The van der Waals surface area contributed by atoms with Gasteiger partial charge < -0.3 is 24.5 Å². The molecule has 8 heteroatoms. The van der Waals surface area contributed by atoms with Gasteiger partial charge in [0.1, 0.15) is 11.6 Å². The van der Waals surface area contributed by atoms with E-state index in [4.69, 9.17) is 4.74 Å². The van der Waals surface area contributed by atoms with Crippen LogP contribution < -0.4 is 4.90 Å². The second-order valence-electron chi connectivity index (χ2n) is 12.3. The average Bonchev–Trinajstić information content (AvgIpc) is 3.29. The molecule has 1 spiro atoms. The number of rotatable bonds is 8. The molecule has 43 heavy (non-hydrogen) atoms. The SMILES string of the molecule is CC[C@]12C=CCN(Cc3ccccc3)C(=O)[C@H]1[C@H]1C(=O)N(CCCCO)C3C(=O)N(c4cc(C)ccc4C)CC=C[C@@]31O2. The lowest BCUT2D eigenvalue weighted by atomic mass is 9.73. The molecule has 3 amide bonds. The largest absolute Gasteiger partial charge is 0.396 e. The van der Waals surface area contributed by atoms with E-state index >= 15 is 0 Å². The van der Waals surface area contributed by atoms with Crippen LogP contribution in [-0.2, 0) is 25.7 Å². The van der Waals surface area contributed by atoms with Gasteiger partial charge >= 0.3 is 0 Å². The maximum absolute atomic E-state index is 14.7. The lowest BCUT2D eigenvalue weighted by Crippen LogP contribution is -2.56. The lowest BCUT2D eigenvalue weighted by Gasteiger charge is -2.38. The first kappa shape index (κ1) is 29.3. The Morgan fingerprint density at radius 3 is 2.42 bits per heavy atom. The molecular formula is C35H41N3O5. The molecule has 0 bridgehead atoms. The van der Waals surface area contributed by atoms with E-state index in [1.54, 1.807) is 14.7 Å². The van der Waals surface area contributed by atoms with Crippen molar-refractivity contribution in [1.82, 2.24) is 9.80 Å². The number of hydrogen-bond donors (Lipinski definition) is 1. The van der Waals surface area contributed by atoms with Gasteiger partial charge in [0, 0.05) is 38.5 Å². The van der Waals surface area contributed by atoms with Gasteiger partial charge in [-0.25, -0.2) is 0 Å². The number of anilines is 1. The van der Waals surface area contributed by atoms with Gasteiger partial charge in [0.05, 0.1) is 17.4 Å². The highest BCUT2D eigenvalue weighted by Crippen LogP contribution is 2.58. The van der Waals surface area contributed by atoms with Crippen molar-refractivity contribution in [2.24, 2.45) is 11.8 Å². The van der Waals surface area contributed by atoms with Crippen LogP contribution in [0.4, 0.5) is 5.69 Å². The summed E-state index contributed by atoms with van der Waals surface area (Å²) < 4.78 is 7.08. The molecule has 5 atom stereocenters. The van der Waals surface area contributed by atoms with Gasteiger partial charge in [0.25, 0.3) is 5.91 Å². The van der Waals surface area contributed by atoms with Crippen LogP contribution in [0.2, 0.25) is 0 Å². The number of fused-ring (bicyclic) bond motifs is 2. The lowest BCUT2D eigenvalue weighted by molar-refractivity contribution is -0.150. The summed E-state index contributed by atoms with van der Waals surface area (Å²) >= 11 is 0. The van der Waals surface area contributed by atoms with Gasteiger partial charge in [0.15, 0.2) is 0 Å². The van der Waals surface area contributed by atoms with Gasteiger partial charge in [-0.1, -0.05) is 73.7 Å². The number of likely N-dealkylation sites (tertiary alicyclic amines) is 1. The molecule has 2 aromatic carbocycles. The number of unbranched alkanes of at least 4 members (excludes halogenated alkanes) is 1. The normalized spacial score (nSPS) is 29.9. The number of amides is 3. The zero-order valence-electron chi connectivity index (χ0n) is 25.2. The Balaban J connectivity index is 1.45. The molecule has 1 unspecified atom stereocenters. The van der Waals surface area contributed by atoms with Crippen LogP contribution >= 0.6 is 0 Å². The topological polar surface area (TPSA) is 90.4 Å². The van der Waals surface area contributed by atoms with Gasteiger partial charge in [-0.3, -0.25) is 14.4 Å². The second kappa shape index (κ2) is 11.4. The van der Waals surface area contributed by atoms with Crippen molar-refractivity contribution < 1.29 is 24.2 Å². The third-order valence-corrected chi connectivity index (χ3v) is 9.70. The minimum atomic E-state index is -1.30. The molecular weight excluding hydrogens is 542 g/mol. The van der Waals surface area contributed by atoms with Crippen molar-refractivity contribution in [2.45, 2.75) is 63.8 Å². The predicted molar refractivity (Wildman–Crippen MR) is 164 cm³/mol. The Hall–Kier alpha value is -3.75. The summed E-state index contributed by atoms with van der Waals surface area (Å²) in [4.78, 5) is 49.0. The van der Waals surface area contributed by atoms with Crippen LogP contribution in [0.5, 0.6) is 0 Å². The summed E-state index contributed by atoms with van der Waals surface area (Å²) in [7, 11) is 0. The molecule has 8 nitrogen and oxygen atoms in total. The fourth-order valence-corrected chi connectivity index (χ4v) is 7.62. The molecule has 2 aromatic rings. The van der Waals surface area contributed by atoms with Crippen molar-refractivity contribution >= 4 is 23.4 Å². The molecule has 4 aliphatic heterocycles. The number of carbonyl (C=O) groups is 3. The molecule has 226 valence electrons. The number of carbonyl (C=O) groups excluding carboxylic acids is 3. The van der Waals surface area contributed by atoms with Crippen molar-refractivity contribution in [2.75, 3.05) is 31.1 Å². The van der Waals surface area contributed by atoms with Gasteiger partial charge in [0.2, 0.25) is 11.8 Å². The highest BCUT2D eigenvalue weighted by Gasteiger charge is 2.75. The van der Waals surface area contributed by atoms with Crippen molar-refractivity contribution in [3.63, 3.8) is 0 Å². The van der Waals surface area contributed by atoms with Crippen LogP contribution in [0.25, 0.3) is 0 Å². The van der Waals surface area contributed by atoms with Gasteiger partial charge in [-0.05, 0) is 55.9 Å². The van der Waals surface area contributed by atoms with E-state index < -0.39 is 29.1 Å². The van der Waals surface area contributed by atoms with Crippen LogP contribution in [0.1, 0.15) is 42.9 Å². The zero-order valence-corrected chi connectivity index (χ0v) is 25.2. The Labute approximate surface area is 253 Å². The first-order valence-electron chi connectivity index (χ1n) is 15.4. The van der Waals surface area contributed by atoms with E-state index in [2.05, 4.69) is 0 Å². The van der Waals surface area contributed by atoms with Gasteiger partial charge in [-0.2, -0.15) is 0 Å². The number of aliphatic hydroxyl groups is 1. The number of ether oxygens (including phenoxy) is 1. The molecule has 2 fully saturated rings. The number of benzene rings is 2. The summed E-state index contributed by atoms with van der Waals surface area (Å²) in [6.07, 6.45) is 9.33. The van der Waals surface area contributed by atoms with E-state index in [0.717, 1.165) is 22.4 Å². The third kappa shape index (κ3) is 4.71. The van der Waals surface area contributed by atoms with E-state index in [1.165, 1.54) is 0 Å². The molecule has 0 aliphatic carbocycles. The molecule has 1 N–H and O–H groups in total. The third-order valence-electron chi connectivity index (χ3n) is 9.70. The predicted octanol–water partition coefficient (Wildman–Crippen LogP) is 3.94. The van der Waals surface area contributed by atoms with Crippen molar-refractivity contribution in [3.8, 4) is 0 Å². The smallest absolute Gasteiger partial charge is 0.253 e. The van der Waals surface area contributed by atoms with E-state index in [0.29, 0.717) is 45.4 Å². The average molecular weight is 584 g/mol. The fourth-order valence-electron chi connectivity index (χ4n) is 7.62. The van der Waals surface area contributed by atoms with Crippen molar-refractivity contribution in [3.05, 3.63) is 89.5 Å². The summed E-state index contributed by atoms with van der Waals surface area (Å²) in [6.45, 7) is 7.44. The fraction of sp³-hybridized carbons (Fsp3) is 0.457. The Morgan fingerprint density at radius 2 is 1.67 bits per heavy atom. The Kier molecular flexibility index (Phi) is 7.77. The zero-order chi connectivity index (χ0) is 30.4. The molecule has 2 saturated heterocycles. The molecule has 4 aliphatic rings. The molecule has 0 aromatic heterocycles. The van der Waals surface area contributed by atoms with E-state index in [9.17, 15) is 19.5 Å². The molecule has 6 rings (SSSR count). The monoisotopic (exact) mass is 583 g/mol. The summed E-state index contributed by atoms with van der Waals surface area (Å²) in [5.41, 5.74) is 1.51.